The fraction of sp³-hybridized carbons (Fsp3) is 0.800. The van der Waals surface area contributed by atoms with Crippen molar-refractivity contribution in [3.8, 4) is 0 Å². The highest BCUT2D eigenvalue weighted by Gasteiger charge is 2.30. The van der Waals surface area contributed by atoms with Gasteiger partial charge in [-0.2, -0.15) is 0 Å². The van der Waals surface area contributed by atoms with E-state index < -0.39 is 11.4 Å². The van der Waals surface area contributed by atoms with Crippen LogP contribution >= 0.6 is 0 Å². The largest absolute Gasteiger partial charge is 0.481 e. The smallest absolute Gasteiger partial charge is 0.309 e. The molecule has 2 N–H and O–H groups in total. The summed E-state index contributed by atoms with van der Waals surface area (Å²) in [6.45, 7) is 6.95. The molecule has 1 atom stereocenters. The first-order chi connectivity index (χ1) is 6.29. The average molecular weight is 201 g/mol. The van der Waals surface area contributed by atoms with Gasteiger partial charge in [0.05, 0.1) is 5.41 Å². The molecule has 4 nitrogen and oxygen atoms in total. The molecule has 1 unspecified atom stereocenters. The van der Waals surface area contributed by atoms with Crippen LogP contribution in [-0.4, -0.2) is 23.0 Å². The molecular formula is C10H19NO3. The molecule has 14 heavy (non-hydrogen) atoms. The highest BCUT2D eigenvalue weighted by Crippen LogP contribution is 2.20. The Balaban J connectivity index is 4.12. The van der Waals surface area contributed by atoms with Crippen LogP contribution < -0.4 is 5.32 Å². The van der Waals surface area contributed by atoms with Gasteiger partial charge >= 0.3 is 5.97 Å². The molecule has 0 fully saturated rings. The molecule has 0 aliphatic heterocycles. The van der Waals surface area contributed by atoms with Crippen LogP contribution in [0.15, 0.2) is 0 Å². The first-order valence-corrected chi connectivity index (χ1v) is 4.82. The van der Waals surface area contributed by atoms with Crippen molar-refractivity contribution >= 4 is 11.9 Å². The number of amides is 1. The number of nitrogens with one attached hydrogen (secondary N) is 1. The van der Waals surface area contributed by atoms with Crippen molar-refractivity contribution in [2.24, 2.45) is 5.41 Å². The predicted octanol–water partition coefficient (Wildman–Crippen LogP) is 1.40. The number of rotatable bonds is 5. The fourth-order valence-electron chi connectivity index (χ4n) is 0.905. The lowest BCUT2D eigenvalue weighted by atomic mass is 9.89. The van der Waals surface area contributed by atoms with Gasteiger partial charge in [0, 0.05) is 12.5 Å². The van der Waals surface area contributed by atoms with Gasteiger partial charge < -0.3 is 10.4 Å². The van der Waals surface area contributed by atoms with Gasteiger partial charge in [-0.15, -0.1) is 0 Å². The van der Waals surface area contributed by atoms with Crippen molar-refractivity contribution < 1.29 is 14.7 Å². The maximum Gasteiger partial charge on any atom is 0.309 e. The van der Waals surface area contributed by atoms with Gasteiger partial charge in [-0.05, 0) is 27.2 Å². The van der Waals surface area contributed by atoms with Crippen molar-refractivity contribution in [2.45, 2.75) is 46.6 Å². The molecule has 0 aliphatic rings. The second-order valence-corrected chi connectivity index (χ2v) is 4.24. The third-order valence-corrected chi connectivity index (χ3v) is 2.20. The van der Waals surface area contributed by atoms with Crippen LogP contribution in [0, 0.1) is 5.41 Å². The summed E-state index contributed by atoms with van der Waals surface area (Å²) >= 11 is 0. The van der Waals surface area contributed by atoms with Crippen LogP contribution in [0.2, 0.25) is 0 Å². The van der Waals surface area contributed by atoms with Gasteiger partial charge in [0.25, 0.3) is 0 Å². The Morgan fingerprint density at radius 3 is 2.29 bits per heavy atom. The molecule has 0 radical (unpaired) electrons. The average Bonchev–Trinajstić information content (AvgIpc) is 2.02. The number of hydrogen-bond donors (Lipinski definition) is 2. The highest BCUT2D eigenvalue weighted by atomic mass is 16.4. The summed E-state index contributed by atoms with van der Waals surface area (Å²) in [5.41, 5.74) is -0.989. The van der Waals surface area contributed by atoms with E-state index >= 15 is 0 Å². The van der Waals surface area contributed by atoms with Gasteiger partial charge in [-0.3, -0.25) is 9.59 Å². The predicted molar refractivity (Wildman–Crippen MR) is 53.9 cm³/mol. The Labute approximate surface area is 84.7 Å². The van der Waals surface area contributed by atoms with Crippen molar-refractivity contribution in [1.82, 2.24) is 5.32 Å². The lowest BCUT2D eigenvalue weighted by molar-refractivity contribution is -0.149. The summed E-state index contributed by atoms with van der Waals surface area (Å²) in [7, 11) is 0. The van der Waals surface area contributed by atoms with E-state index in [2.05, 4.69) is 5.32 Å². The minimum absolute atomic E-state index is 0.0205. The van der Waals surface area contributed by atoms with Crippen molar-refractivity contribution in [1.29, 1.82) is 0 Å². The summed E-state index contributed by atoms with van der Waals surface area (Å²) in [5, 5.41) is 11.5. The summed E-state index contributed by atoms with van der Waals surface area (Å²) in [5.74, 6) is -1.15. The topological polar surface area (TPSA) is 66.4 Å². The zero-order valence-electron chi connectivity index (χ0n) is 9.26. The van der Waals surface area contributed by atoms with Crippen molar-refractivity contribution in [2.75, 3.05) is 0 Å². The molecule has 0 rings (SSSR count). The zero-order valence-corrected chi connectivity index (χ0v) is 9.26. The normalized spacial score (nSPS) is 13.4. The number of carboxylic acids is 1. The summed E-state index contributed by atoms with van der Waals surface area (Å²) in [6, 6.07) is 0.104. The molecule has 1 amide bonds. The Morgan fingerprint density at radius 1 is 1.43 bits per heavy atom. The number of carboxylic acid groups (broad SMARTS) is 1. The van der Waals surface area contributed by atoms with E-state index in [-0.39, 0.29) is 18.4 Å². The Bertz CT molecular complexity index is 223. The highest BCUT2D eigenvalue weighted by molar-refractivity contribution is 5.84. The van der Waals surface area contributed by atoms with E-state index in [0.717, 1.165) is 6.42 Å². The van der Waals surface area contributed by atoms with E-state index in [1.54, 1.807) is 13.8 Å². The molecule has 82 valence electrons. The molecule has 0 aromatic heterocycles. The fourth-order valence-corrected chi connectivity index (χ4v) is 0.905. The van der Waals surface area contributed by atoms with E-state index in [0.29, 0.717) is 0 Å². The maximum absolute atomic E-state index is 11.4. The van der Waals surface area contributed by atoms with E-state index in [9.17, 15) is 9.59 Å². The SMILES string of the molecule is CCC(C)NC(=O)CC(C)(C)C(=O)O. The van der Waals surface area contributed by atoms with E-state index in [1.807, 2.05) is 13.8 Å². The van der Waals surface area contributed by atoms with E-state index in [1.165, 1.54) is 0 Å². The molecule has 0 aromatic rings. The quantitative estimate of drug-likeness (QED) is 0.706. The number of aliphatic carboxylic acids is 1. The van der Waals surface area contributed by atoms with Crippen LogP contribution in [0.1, 0.15) is 40.5 Å². The van der Waals surface area contributed by atoms with Crippen molar-refractivity contribution in [3.63, 3.8) is 0 Å². The summed E-state index contributed by atoms with van der Waals surface area (Å²) < 4.78 is 0. The summed E-state index contributed by atoms with van der Waals surface area (Å²) in [4.78, 5) is 22.1. The van der Waals surface area contributed by atoms with Crippen LogP contribution in [-0.2, 0) is 9.59 Å². The maximum atomic E-state index is 11.4. The second kappa shape index (κ2) is 4.98. The number of hydrogen-bond acceptors (Lipinski definition) is 2. The molecule has 0 spiro atoms. The first kappa shape index (κ1) is 12.9. The summed E-state index contributed by atoms with van der Waals surface area (Å²) in [6.07, 6.45) is 0.867. The minimum atomic E-state index is -0.989. The molecule has 0 heterocycles. The molecule has 4 heteroatoms. The third kappa shape index (κ3) is 4.25. The molecule has 0 aliphatic carbocycles. The first-order valence-electron chi connectivity index (χ1n) is 4.82. The monoisotopic (exact) mass is 201 g/mol. The van der Waals surface area contributed by atoms with Crippen LogP contribution in [0.5, 0.6) is 0 Å². The lowest BCUT2D eigenvalue weighted by Crippen LogP contribution is -2.37. The standard InChI is InChI=1S/C10H19NO3/c1-5-7(2)11-8(12)6-10(3,4)9(13)14/h7H,5-6H2,1-4H3,(H,11,12)(H,13,14). The van der Waals surface area contributed by atoms with Gasteiger partial charge in [0.1, 0.15) is 0 Å². The minimum Gasteiger partial charge on any atom is -0.481 e. The molecule has 0 aromatic carbocycles. The zero-order chi connectivity index (χ0) is 11.4. The lowest BCUT2D eigenvalue weighted by Gasteiger charge is -2.19. The van der Waals surface area contributed by atoms with E-state index in [4.69, 9.17) is 5.11 Å². The van der Waals surface area contributed by atoms with Gasteiger partial charge in [-0.25, -0.2) is 0 Å². The number of carbonyl (C=O) groups excluding carboxylic acids is 1. The molecule has 0 bridgehead atoms. The van der Waals surface area contributed by atoms with Gasteiger partial charge in [0.2, 0.25) is 5.91 Å². The Hall–Kier alpha value is -1.06. The van der Waals surface area contributed by atoms with Crippen LogP contribution in [0.25, 0.3) is 0 Å². The van der Waals surface area contributed by atoms with Crippen molar-refractivity contribution in [3.05, 3.63) is 0 Å². The van der Waals surface area contributed by atoms with Gasteiger partial charge in [0.15, 0.2) is 0 Å². The third-order valence-electron chi connectivity index (χ3n) is 2.20. The Morgan fingerprint density at radius 2 is 1.93 bits per heavy atom. The molecule has 0 saturated heterocycles. The number of carbonyl (C=O) groups is 2. The van der Waals surface area contributed by atoms with Crippen LogP contribution in [0.4, 0.5) is 0 Å². The molecular weight excluding hydrogens is 182 g/mol. The van der Waals surface area contributed by atoms with Crippen LogP contribution in [0.3, 0.4) is 0 Å². The Kier molecular flexibility index (Phi) is 4.60. The van der Waals surface area contributed by atoms with Gasteiger partial charge in [-0.1, -0.05) is 6.92 Å². The molecule has 0 saturated carbocycles. The second-order valence-electron chi connectivity index (χ2n) is 4.24.